The number of hydrogen-bond acceptors (Lipinski definition) is 6. The number of amides is 1. The van der Waals surface area contributed by atoms with Crippen LogP contribution in [0.2, 0.25) is 0 Å². The van der Waals surface area contributed by atoms with E-state index in [0.717, 1.165) is 0 Å². The van der Waals surface area contributed by atoms with E-state index in [4.69, 9.17) is 15.6 Å². The van der Waals surface area contributed by atoms with Gasteiger partial charge in [0.25, 0.3) is 0 Å². The van der Waals surface area contributed by atoms with Gasteiger partial charge in [-0.3, -0.25) is 4.79 Å². The summed E-state index contributed by atoms with van der Waals surface area (Å²) in [6.07, 6.45) is -4.27. The van der Waals surface area contributed by atoms with Crippen molar-refractivity contribution in [3.05, 3.63) is 0 Å². The first-order valence-corrected chi connectivity index (χ1v) is 6.48. The first kappa shape index (κ1) is 16.3. The van der Waals surface area contributed by atoms with Gasteiger partial charge in [-0.05, 0) is 19.3 Å². The molecule has 0 aromatic heterocycles. The first-order chi connectivity index (χ1) is 8.88. The largest absolute Gasteiger partial charge is 0.396 e. The van der Waals surface area contributed by atoms with Crippen LogP contribution in [-0.4, -0.2) is 63.5 Å². The molecule has 0 spiro atoms. The summed E-state index contributed by atoms with van der Waals surface area (Å²) in [7, 11) is 0. The van der Waals surface area contributed by atoms with Gasteiger partial charge in [0.1, 0.15) is 18.3 Å². The fraction of sp³-hybridized carbons (Fsp3) is 0.917. The van der Waals surface area contributed by atoms with Crippen LogP contribution >= 0.6 is 0 Å². The van der Waals surface area contributed by atoms with E-state index in [2.05, 4.69) is 0 Å². The molecule has 1 aliphatic heterocycles. The van der Waals surface area contributed by atoms with Gasteiger partial charge in [-0.25, -0.2) is 0 Å². The van der Waals surface area contributed by atoms with E-state index >= 15 is 0 Å². The minimum atomic E-state index is -1.33. The van der Waals surface area contributed by atoms with E-state index in [0.29, 0.717) is 12.8 Å². The van der Waals surface area contributed by atoms with Crippen molar-refractivity contribution in [1.82, 2.24) is 0 Å². The lowest BCUT2D eigenvalue weighted by atomic mass is 9.88. The highest BCUT2D eigenvalue weighted by Gasteiger charge is 2.43. The second-order valence-corrected chi connectivity index (χ2v) is 5.09. The molecule has 0 aromatic carbocycles. The summed E-state index contributed by atoms with van der Waals surface area (Å²) >= 11 is 0. The first-order valence-electron chi connectivity index (χ1n) is 6.48. The molecule has 0 radical (unpaired) electrons. The van der Waals surface area contributed by atoms with Crippen molar-refractivity contribution in [3.63, 3.8) is 0 Å². The molecule has 1 rings (SSSR count). The third kappa shape index (κ3) is 4.12. The molecule has 0 aromatic rings. The van der Waals surface area contributed by atoms with E-state index in [9.17, 15) is 20.1 Å². The van der Waals surface area contributed by atoms with Crippen LogP contribution in [0.25, 0.3) is 0 Å². The summed E-state index contributed by atoms with van der Waals surface area (Å²) in [5.41, 5.74) is 5.15. The number of nitrogens with two attached hydrogens (primary N) is 1. The molecule has 1 amide bonds. The number of carbonyl (C=O) groups excluding carboxylic acids is 1. The SMILES string of the molecule is CC(CC1OC(CCCO)C(O)C(O)C1O)C(N)=O. The zero-order valence-corrected chi connectivity index (χ0v) is 11.0. The molecule has 1 aliphatic rings. The topological polar surface area (TPSA) is 133 Å². The third-order valence-corrected chi connectivity index (χ3v) is 3.53. The Labute approximate surface area is 112 Å². The van der Waals surface area contributed by atoms with Crippen LogP contribution in [0.5, 0.6) is 0 Å². The maximum absolute atomic E-state index is 11.0. The van der Waals surface area contributed by atoms with Crippen LogP contribution in [0.4, 0.5) is 0 Å². The van der Waals surface area contributed by atoms with Crippen LogP contribution in [0.3, 0.4) is 0 Å². The molecule has 0 saturated carbocycles. The monoisotopic (exact) mass is 277 g/mol. The van der Waals surface area contributed by atoms with Gasteiger partial charge in [0.15, 0.2) is 0 Å². The van der Waals surface area contributed by atoms with Gasteiger partial charge in [-0.2, -0.15) is 0 Å². The molecule has 0 bridgehead atoms. The lowest BCUT2D eigenvalue weighted by Gasteiger charge is -2.41. The number of hydrogen-bond donors (Lipinski definition) is 5. The van der Waals surface area contributed by atoms with Crippen LogP contribution < -0.4 is 5.73 Å². The van der Waals surface area contributed by atoms with E-state index in [1.807, 2.05) is 0 Å². The molecular formula is C12H23NO6. The third-order valence-electron chi connectivity index (χ3n) is 3.53. The lowest BCUT2D eigenvalue weighted by Crippen LogP contribution is -2.58. The number of aliphatic hydroxyl groups is 4. The zero-order valence-electron chi connectivity index (χ0n) is 11.0. The molecule has 19 heavy (non-hydrogen) atoms. The molecule has 6 atom stereocenters. The average molecular weight is 277 g/mol. The van der Waals surface area contributed by atoms with Gasteiger partial charge >= 0.3 is 0 Å². The standard InChI is InChI=1S/C12H23NO6/c1-6(12(13)18)5-8-10(16)11(17)9(15)7(19-8)3-2-4-14/h6-11,14-17H,2-5H2,1H3,(H2,13,18). The molecule has 112 valence electrons. The summed E-state index contributed by atoms with van der Waals surface area (Å²) in [4.78, 5) is 11.0. The van der Waals surface area contributed by atoms with Crippen molar-refractivity contribution in [2.75, 3.05) is 6.61 Å². The predicted octanol–water partition coefficient (Wildman–Crippen LogP) is -1.88. The molecule has 1 saturated heterocycles. The van der Waals surface area contributed by atoms with Gasteiger partial charge in [0.05, 0.1) is 12.2 Å². The Hall–Kier alpha value is -0.730. The smallest absolute Gasteiger partial charge is 0.220 e. The quantitative estimate of drug-likeness (QED) is 0.386. The second kappa shape index (κ2) is 7.16. The average Bonchev–Trinajstić information content (AvgIpc) is 2.37. The number of carbonyl (C=O) groups is 1. The van der Waals surface area contributed by atoms with Crippen molar-refractivity contribution in [3.8, 4) is 0 Å². The summed E-state index contributed by atoms with van der Waals surface area (Å²) in [6.45, 7) is 1.56. The Balaban J connectivity index is 2.67. The van der Waals surface area contributed by atoms with E-state index in [-0.39, 0.29) is 13.0 Å². The van der Waals surface area contributed by atoms with Crippen molar-refractivity contribution < 1.29 is 30.0 Å². The predicted molar refractivity (Wildman–Crippen MR) is 66.0 cm³/mol. The van der Waals surface area contributed by atoms with E-state index in [1.54, 1.807) is 6.92 Å². The van der Waals surface area contributed by atoms with Crippen molar-refractivity contribution in [1.29, 1.82) is 0 Å². The summed E-state index contributed by atoms with van der Waals surface area (Å²) < 4.78 is 5.53. The number of rotatable bonds is 6. The van der Waals surface area contributed by atoms with Crippen molar-refractivity contribution >= 4 is 5.91 Å². The van der Waals surface area contributed by atoms with Gasteiger partial charge in [-0.15, -0.1) is 0 Å². The second-order valence-electron chi connectivity index (χ2n) is 5.09. The summed E-state index contributed by atoms with van der Waals surface area (Å²) in [5, 5.41) is 38.2. The lowest BCUT2D eigenvalue weighted by molar-refractivity contribution is -0.226. The fourth-order valence-electron chi connectivity index (χ4n) is 2.22. The Morgan fingerprint density at radius 3 is 2.32 bits per heavy atom. The highest BCUT2D eigenvalue weighted by atomic mass is 16.5. The van der Waals surface area contributed by atoms with Crippen LogP contribution in [0.15, 0.2) is 0 Å². The molecule has 0 aliphatic carbocycles. The molecule has 1 fully saturated rings. The summed E-state index contributed by atoms with van der Waals surface area (Å²) in [5.74, 6) is -1.01. The Morgan fingerprint density at radius 1 is 1.21 bits per heavy atom. The van der Waals surface area contributed by atoms with Crippen molar-refractivity contribution in [2.45, 2.75) is 56.7 Å². The minimum Gasteiger partial charge on any atom is -0.396 e. The normalized spacial score (nSPS) is 37.0. The van der Waals surface area contributed by atoms with Crippen LogP contribution in [-0.2, 0) is 9.53 Å². The van der Waals surface area contributed by atoms with Gasteiger partial charge in [0, 0.05) is 12.5 Å². The Morgan fingerprint density at radius 2 is 1.79 bits per heavy atom. The molecule has 6 N–H and O–H groups in total. The Bertz CT molecular complexity index is 300. The van der Waals surface area contributed by atoms with Gasteiger partial charge < -0.3 is 30.9 Å². The van der Waals surface area contributed by atoms with Crippen LogP contribution in [0, 0.1) is 5.92 Å². The maximum atomic E-state index is 11.0. The number of primary amides is 1. The maximum Gasteiger partial charge on any atom is 0.220 e. The highest BCUT2D eigenvalue weighted by Crippen LogP contribution is 2.27. The highest BCUT2D eigenvalue weighted by molar-refractivity contribution is 5.76. The molecule has 1 heterocycles. The van der Waals surface area contributed by atoms with Gasteiger partial charge in [-0.1, -0.05) is 6.92 Å². The fourth-order valence-corrected chi connectivity index (χ4v) is 2.22. The number of aliphatic hydroxyl groups excluding tert-OH is 4. The molecule has 7 nitrogen and oxygen atoms in total. The van der Waals surface area contributed by atoms with Crippen molar-refractivity contribution in [2.24, 2.45) is 11.7 Å². The number of ether oxygens (including phenoxy) is 1. The van der Waals surface area contributed by atoms with Gasteiger partial charge in [0.2, 0.25) is 5.91 Å². The van der Waals surface area contributed by atoms with E-state index < -0.39 is 42.3 Å². The Kier molecular flexibility index (Phi) is 6.15. The summed E-state index contributed by atoms with van der Waals surface area (Å²) in [6, 6.07) is 0. The van der Waals surface area contributed by atoms with E-state index in [1.165, 1.54) is 0 Å². The minimum absolute atomic E-state index is 0.0480. The molecule has 7 heteroatoms. The molecule has 6 unspecified atom stereocenters. The zero-order chi connectivity index (χ0) is 14.6. The molecular weight excluding hydrogens is 254 g/mol. The van der Waals surface area contributed by atoms with Crippen LogP contribution in [0.1, 0.15) is 26.2 Å².